The Bertz CT molecular complexity index is 184. The van der Waals surface area contributed by atoms with Gasteiger partial charge in [-0.25, -0.2) is 0 Å². The summed E-state index contributed by atoms with van der Waals surface area (Å²) in [6, 6.07) is 0. The molecule has 0 fully saturated rings. The quantitative estimate of drug-likeness (QED) is 0.245. The van der Waals surface area contributed by atoms with E-state index < -0.39 is 17.3 Å². The summed E-state index contributed by atoms with van der Waals surface area (Å²) in [5.74, 6) is -1.18. The molecule has 0 radical (unpaired) electrons. The molecule has 13 heavy (non-hydrogen) atoms. The summed E-state index contributed by atoms with van der Waals surface area (Å²) in [4.78, 5) is 0. The second kappa shape index (κ2) is 7.84. The second-order valence-corrected chi connectivity index (χ2v) is 3.14. The third-order valence-corrected chi connectivity index (χ3v) is 0.686. The van der Waals surface area contributed by atoms with Gasteiger partial charge in [-0.1, -0.05) is 20.8 Å². The van der Waals surface area contributed by atoms with Crippen LogP contribution in [-0.4, -0.2) is 5.60 Å². The normalized spacial score (nSPS) is 10.8. The van der Waals surface area contributed by atoms with Crippen LogP contribution in [0.15, 0.2) is 24.4 Å². The first-order valence-corrected chi connectivity index (χ1v) is 3.25. The standard InChI is InChI=1S/C8H14O3.Li.Na/c1-6(9)5-7(10)11-8(2,3)4;;/h5,9-10H,1H2,2-4H3;;/q;2*+1/p-2/b7-5+;;. The maximum atomic E-state index is 10.7. The molecule has 0 rings (SSSR count). The third-order valence-electron chi connectivity index (χ3n) is 0.686. The first-order chi connectivity index (χ1) is 4.81. The molecule has 0 bridgehead atoms. The number of hydrogen-bond donors (Lipinski definition) is 0. The molecule has 0 atom stereocenters. The van der Waals surface area contributed by atoms with Crippen LogP contribution >= 0.6 is 0 Å². The molecule has 0 aromatic rings. The van der Waals surface area contributed by atoms with Gasteiger partial charge in [-0.3, -0.25) is 0 Å². The molecule has 0 aliphatic heterocycles. The molecule has 0 aromatic heterocycles. The molecule has 0 aromatic carbocycles. The van der Waals surface area contributed by atoms with Gasteiger partial charge in [0, 0.05) is 5.60 Å². The predicted molar refractivity (Wildman–Crippen MR) is 38.1 cm³/mol. The summed E-state index contributed by atoms with van der Waals surface area (Å²) in [6.45, 7) is 8.20. The molecule has 0 unspecified atom stereocenters. The average molecular weight is 186 g/mol. The Morgan fingerprint density at radius 1 is 1.31 bits per heavy atom. The van der Waals surface area contributed by atoms with Gasteiger partial charge < -0.3 is 14.9 Å². The van der Waals surface area contributed by atoms with Gasteiger partial charge in [0.2, 0.25) is 0 Å². The van der Waals surface area contributed by atoms with E-state index in [1.54, 1.807) is 20.8 Å². The summed E-state index contributed by atoms with van der Waals surface area (Å²) in [5.41, 5.74) is -0.553. The van der Waals surface area contributed by atoms with Crippen LogP contribution in [-0.2, 0) is 4.74 Å². The molecule has 0 aliphatic carbocycles. The SMILES string of the molecule is C=C([O-])/C=C(\[O-])OC(C)(C)C.[Li+].[Na+]. The van der Waals surface area contributed by atoms with Gasteiger partial charge in [0.05, 0.1) is 5.95 Å². The fourth-order valence-electron chi connectivity index (χ4n) is 0.463. The van der Waals surface area contributed by atoms with Crippen molar-refractivity contribution >= 4 is 0 Å². The van der Waals surface area contributed by atoms with Crippen molar-refractivity contribution in [3.05, 3.63) is 24.4 Å². The molecule has 64 valence electrons. The van der Waals surface area contributed by atoms with Gasteiger partial charge >= 0.3 is 48.4 Å². The maximum absolute atomic E-state index is 10.7. The second-order valence-electron chi connectivity index (χ2n) is 3.14. The van der Waals surface area contributed by atoms with Crippen molar-refractivity contribution in [2.75, 3.05) is 0 Å². The summed E-state index contributed by atoms with van der Waals surface area (Å²) in [6.07, 6.45) is 0.825. The number of hydrogen-bond acceptors (Lipinski definition) is 3. The topological polar surface area (TPSA) is 55.3 Å². The zero-order valence-electron chi connectivity index (χ0n) is 9.01. The van der Waals surface area contributed by atoms with E-state index in [1.165, 1.54) is 0 Å². The molecule has 0 amide bonds. The van der Waals surface area contributed by atoms with E-state index >= 15 is 0 Å². The Balaban J connectivity index is -0.000000500. The van der Waals surface area contributed by atoms with Crippen molar-refractivity contribution in [2.45, 2.75) is 26.4 Å². The minimum Gasteiger partial charge on any atom is -0.873 e. The average Bonchev–Trinajstić information content (AvgIpc) is 1.53. The Morgan fingerprint density at radius 2 is 1.69 bits per heavy atom. The summed E-state index contributed by atoms with van der Waals surface area (Å²) >= 11 is 0. The van der Waals surface area contributed by atoms with E-state index in [0.29, 0.717) is 0 Å². The van der Waals surface area contributed by atoms with E-state index in [1.807, 2.05) is 0 Å². The van der Waals surface area contributed by atoms with Gasteiger partial charge in [-0.15, -0.1) is 12.3 Å². The van der Waals surface area contributed by atoms with Crippen LogP contribution < -0.4 is 58.6 Å². The summed E-state index contributed by atoms with van der Waals surface area (Å²) < 4.78 is 4.79. The van der Waals surface area contributed by atoms with Crippen molar-refractivity contribution in [1.82, 2.24) is 0 Å². The van der Waals surface area contributed by atoms with Crippen LogP contribution in [0, 0.1) is 0 Å². The number of allylic oxidation sites excluding steroid dienone is 1. The molecule has 3 nitrogen and oxygen atoms in total. The molecule has 0 spiro atoms. The minimum atomic E-state index is -0.641. The zero-order valence-corrected chi connectivity index (χ0v) is 11.0. The largest absolute Gasteiger partial charge is 1.00 e. The molecule has 0 aliphatic rings. The fourth-order valence-corrected chi connectivity index (χ4v) is 0.463. The predicted octanol–water partition coefficient (Wildman–Crippen LogP) is -6.11. The van der Waals surface area contributed by atoms with Gasteiger partial charge in [-0.05, 0) is 6.08 Å². The molecule has 5 heteroatoms. The monoisotopic (exact) mass is 186 g/mol. The van der Waals surface area contributed by atoms with Crippen LogP contribution in [0.2, 0.25) is 0 Å². The van der Waals surface area contributed by atoms with Crippen molar-refractivity contribution in [3.63, 3.8) is 0 Å². The number of rotatable bonds is 2. The first-order valence-electron chi connectivity index (χ1n) is 3.25. The maximum Gasteiger partial charge on any atom is 1.00 e. The van der Waals surface area contributed by atoms with Crippen LogP contribution in [0.1, 0.15) is 20.8 Å². The van der Waals surface area contributed by atoms with Gasteiger partial charge in [0.1, 0.15) is 0 Å². The van der Waals surface area contributed by atoms with Crippen molar-refractivity contribution in [3.8, 4) is 0 Å². The zero-order chi connectivity index (χ0) is 9.07. The summed E-state index contributed by atoms with van der Waals surface area (Å²) in [7, 11) is 0. The van der Waals surface area contributed by atoms with E-state index in [0.717, 1.165) is 6.08 Å². The molecule has 0 heterocycles. The first kappa shape index (κ1) is 19.1. The molecular formula is C8H12LiNaO3. The van der Waals surface area contributed by atoms with E-state index in [4.69, 9.17) is 4.74 Å². The molecule has 0 saturated heterocycles. The van der Waals surface area contributed by atoms with Crippen molar-refractivity contribution in [2.24, 2.45) is 0 Å². The van der Waals surface area contributed by atoms with Gasteiger partial charge in [0.25, 0.3) is 0 Å². The van der Waals surface area contributed by atoms with Crippen LogP contribution in [0.25, 0.3) is 0 Å². The Hall–Kier alpha value is 0.477. The Kier molecular flexibility index (Phi) is 11.5. The van der Waals surface area contributed by atoms with Gasteiger partial charge in [-0.2, -0.15) is 0 Å². The van der Waals surface area contributed by atoms with Crippen LogP contribution in [0.4, 0.5) is 0 Å². The molecule has 0 saturated carbocycles. The van der Waals surface area contributed by atoms with Crippen molar-refractivity contribution in [1.29, 1.82) is 0 Å². The minimum absolute atomic E-state index is 0. The smallest absolute Gasteiger partial charge is 0.873 e. The third kappa shape index (κ3) is 15.2. The van der Waals surface area contributed by atoms with Gasteiger partial charge in [0.15, 0.2) is 0 Å². The van der Waals surface area contributed by atoms with Crippen LogP contribution in [0.3, 0.4) is 0 Å². The van der Waals surface area contributed by atoms with Crippen molar-refractivity contribution < 1.29 is 63.4 Å². The number of ether oxygens (including phenoxy) is 1. The van der Waals surface area contributed by atoms with E-state index in [9.17, 15) is 10.2 Å². The molecule has 0 N–H and O–H groups in total. The van der Waals surface area contributed by atoms with Crippen LogP contribution in [0.5, 0.6) is 0 Å². The summed E-state index contributed by atoms with van der Waals surface area (Å²) in [5, 5.41) is 21.0. The fraction of sp³-hybridized carbons (Fsp3) is 0.500. The molecular weight excluding hydrogens is 174 g/mol. The van der Waals surface area contributed by atoms with E-state index in [-0.39, 0.29) is 48.4 Å². The Labute approximate surface area is 113 Å². The van der Waals surface area contributed by atoms with E-state index in [2.05, 4.69) is 6.58 Å². The Morgan fingerprint density at radius 3 is 1.92 bits per heavy atom.